The highest BCUT2D eigenvalue weighted by Gasteiger charge is 2.36. The molecule has 2 aliphatic rings. The quantitative estimate of drug-likeness (QED) is 0.667. The molecule has 2 aromatic carbocycles. The summed E-state index contributed by atoms with van der Waals surface area (Å²) >= 11 is 1.48. The van der Waals surface area contributed by atoms with Crippen LogP contribution in [0.15, 0.2) is 57.8 Å². The molecule has 1 aliphatic heterocycles. The SMILES string of the molecule is N#C[C@H](C1=NS(=O)(=O)c2ccccc21)c1nc2c(s1)CCc1ccccc1-2. The number of rotatable bonds is 2. The molecule has 0 saturated heterocycles. The van der Waals surface area contributed by atoms with Crippen molar-refractivity contribution in [3.05, 3.63) is 69.5 Å². The number of sulfonamides is 1. The lowest BCUT2D eigenvalue weighted by Gasteiger charge is -2.13. The second-order valence-corrected chi connectivity index (χ2v) is 9.18. The largest absolute Gasteiger partial charge is 0.283 e. The Balaban J connectivity index is 1.64. The van der Waals surface area contributed by atoms with Crippen LogP contribution in [0.5, 0.6) is 0 Å². The summed E-state index contributed by atoms with van der Waals surface area (Å²) in [4.78, 5) is 6.05. The van der Waals surface area contributed by atoms with E-state index in [4.69, 9.17) is 4.98 Å². The van der Waals surface area contributed by atoms with Crippen molar-refractivity contribution in [2.45, 2.75) is 23.7 Å². The maximum Gasteiger partial charge on any atom is 0.283 e. The average Bonchev–Trinajstić information content (AvgIpc) is 3.22. The Labute approximate surface area is 160 Å². The highest BCUT2D eigenvalue weighted by molar-refractivity contribution is 7.90. The second-order valence-electron chi connectivity index (χ2n) is 6.49. The summed E-state index contributed by atoms with van der Waals surface area (Å²) in [5, 5.41) is 10.4. The van der Waals surface area contributed by atoms with Gasteiger partial charge in [0.1, 0.15) is 10.9 Å². The van der Waals surface area contributed by atoms with Gasteiger partial charge in [-0.2, -0.15) is 18.1 Å². The summed E-state index contributed by atoms with van der Waals surface area (Å²) in [6, 6.07) is 17.0. The summed E-state index contributed by atoms with van der Waals surface area (Å²) in [7, 11) is -3.75. The van der Waals surface area contributed by atoms with Gasteiger partial charge in [0.25, 0.3) is 10.0 Å². The highest BCUT2D eigenvalue weighted by Crippen LogP contribution is 2.40. The van der Waals surface area contributed by atoms with Gasteiger partial charge in [-0.25, -0.2) is 4.98 Å². The summed E-state index contributed by atoms with van der Waals surface area (Å²) in [5.41, 5.74) is 4.03. The van der Waals surface area contributed by atoms with Crippen molar-refractivity contribution in [2.75, 3.05) is 0 Å². The number of aryl methyl sites for hydroxylation is 2. The van der Waals surface area contributed by atoms with E-state index >= 15 is 0 Å². The third-order valence-corrected chi connectivity index (χ3v) is 7.45. The Morgan fingerprint density at radius 2 is 1.78 bits per heavy atom. The summed E-state index contributed by atoms with van der Waals surface area (Å²) in [5.74, 6) is -0.800. The summed E-state index contributed by atoms with van der Waals surface area (Å²) in [6.45, 7) is 0. The van der Waals surface area contributed by atoms with Crippen LogP contribution in [0.2, 0.25) is 0 Å². The van der Waals surface area contributed by atoms with Crippen molar-refractivity contribution in [3.8, 4) is 17.3 Å². The van der Waals surface area contributed by atoms with Gasteiger partial charge in [0.2, 0.25) is 0 Å². The van der Waals surface area contributed by atoms with E-state index in [1.165, 1.54) is 23.0 Å². The second kappa shape index (κ2) is 5.84. The molecule has 2 heterocycles. The van der Waals surface area contributed by atoms with Crippen LogP contribution in [0.3, 0.4) is 0 Å². The maximum absolute atomic E-state index is 12.4. The Kier molecular flexibility index (Phi) is 3.54. The highest BCUT2D eigenvalue weighted by atomic mass is 32.2. The lowest BCUT2D eigenvalue weighted by atomic mass is 9.93. The molecule has 0 spiro atoms. The van der Waals surface area contributed by atoms with Crippen LogP contribution in [0.4, 0.5) is 0 Å². The Bertz CT molecular complexity index is 1270. The molecule has 27 heavy (non-hydrogen) atoms. The molecule has 0 bridgehead atoms. The minimum Gasteiger partial charge on any atom is -0.239 e. The molecule has 0 N–H and O–H groups in total. The van der Waals surface area contributed by atoms with Gasteiger partial charge in [-0.3, -0.25) is 0 Å². The zero-order valence-corrected chi connectivity index (χ0v) is 15.7. The van der Waals surface area contributed by atoms with Gasteiger partial charge < -0.3 is 0 Å². The van der Waals surface area contributed by atoms with E-state index in [-0.39, 0.29) is 10.6 Å². The smallest absolute Gasteiger partial charge is 0.239 e. The standard InChI is InChI=1S/C20H13N3O2S2/c21-11-15(18-14-7-3-4-8-17(14)27(24,25)23-18)20-22-19-13-6-2-1-5-12(13)9-10-16(19)26-20/h1-8,15H,9-10H2/t15-/m1/s1. The van der Waals surface area contributed by atoms with Gasteiger partial charge >= 0.3 is 0 Å². The van der Waals surface area contributed by atoms with Gasteiger partial charge in [0.05, 0.1) is 22.4 Å². The lowest BCUT2D eigenvalue weighted by Crippen LogP contribution is -2.10. The lowest BCUT2D eigenvalue weighted by molar-refractivity contribution is 0.599. The minimum atomic E-state index is -3.75. The Morgan fingerprint density at radius 3 is 2.59 bits per heavy atom. The van der Waals surface area contributed by atoms with E-state index in [0.717, 1.165) is 29.0 Å². The number of fused-ring (bicyclic) bond motifs is 4. The predicted molar refractivity (Wildman–Crippen MR) is 103 cm³/mol. The monoisotopic (exact) mass is 391 g/mol. The first kappa shape index (κ1) is 16.4. The third kappa shape index (κ3) is 2.45. The molecule has 1 aliphatic carbocycles. The van der Waals surface area contributed by atoms with Gasteiger partial charge in [-0.15, -0.1) is 11.3 Å². The van der Waals surface area contributed by atoms with Gasteiger partial charge in [0.15, 0.2) is 0 Å². The topological polar surface area (TPSA) is 83.2 Å². The summed E-state index contributed by atoms with van der Waals surface area (Å²) < 4.78 is 28.6. The predicted octanol–water partition coefficient (Wildman–Crippen LogP) is 3.71. The number of benzene rings is 2. The average molecular weight is 391 g/mol. The minimum absolute atomic E-state index is 0.159. The molecule has 0 amide bonds. The number of hydrogen-bond acceptors (Lipinski definition) is 5. The van der Waals surface area contributed by atoms with Gasteiger partial charge in [-0.1, -0.05) is 42.5 Å². The fourth-order valence-corrected chi connectivity index (χ4v) is 6.05. The van der Waals surface area contributed by atoms with E-state index in [0.29, 0.717) is 10.6 Å². The fourth-order valence-electron chi connectivity index (χ4n) is 3.66. The van der Waals surface area contributed by atoms with Gasteiger partial charge in [0, 0.05) is 16.0 Å². The van der Waals surface area contributed by atoms with Crippen molar-refractivity contribution in [2.24, 2.45) is 4.40 Å². The molecule has 3 aromatic rings. The molecule has 0 unspecified atom stereocenters. The fraction of sp³-hybridized carbons (Fsp3) is 0.150. The molecular formula is C20H13N3O2S2. The first-order valence-corrected chi connectivity index (χ1v) is 10.8. The van der Waals surface area contributed by atoms with E-state index in [2.05, 4.69) is 16.5 Å². The normalized spacial score (nSPS) is 17.2. The number of aromatic nitrogens is 1. The first-order valence-electron chi connectivity index (χ1n) is 8.50. The van der Waals surface area contributed by atoms with Crippen LogP contribution < -0.4 is 0 Å². The molecule has 1 aromatic heterocycles. The van der Waals surface area contributed by atoms with Crippen LogP contribution in [-0.2, 0) is 22.9 Å². The molecule has 5 nitrogen and oxygen atoms in total. The van der Waals surface area contributed by atoms with Crippen LogP contribution >= 0.6 is 11.3 Å². The van der Waals surface area contributed by atoms with E-state index in [1.54, 1.807) is 18.2 Å². The van der Waals surface area contributed by atoms with Crippen molar-refractivity contribution >= 4 is 27.1 Å². The number of hydrogen-bond donors (Lipinski definition) is 0. The van der Waals surface area contributed by atoms with Crippen molar-refractivity contribution in [3.63, 3.8) is 0 Å². The number of thiazole rings is 1. The molecular weight excluding hydrogens is 378 g/mol. The van der Waals surface area contributed by atoms with Crippen LogP contribution in [-0.4, -0.2) is 19.1 Å². The van der Waals surface area contributed by atoms with Crippen LogP contribution in [0, 0.1) is 11.3 Å². The number of nitriles is 1. The Morgan fingerprint density at radius 1 is 1.04 bits per heavy atom. The zero-order valence-electron chi connectivity index (χ0n) is 14.1. The van der Waals surface area contributed by atoms with Gasteiger partial charge in [-0.05, 0) is 24.5 Å². The van der Waals surface area contributed by atoms with E-state index < -0.39 is 15.9 Å². The van der Waals surface area contributed by atoms with E-state index in [9.17, 15) is 13.7 Å². The maximum atomic E-state index is 12.4. The van der Waals surface area contributed by atoms with Crippen molar-refractivity contribution in [1.82, 2.24) is 4.98 Å². The van der Waals surface area contributed by atoms with Crippen LogP contribution in [0.1, 0.15) is 26.9 Å². The molecule has 0 saturated carbocycles. The molecule has 5 rings (SSSR count). The third-order valence-electron chi connectivity index (χ3n) is 4.92. The molecule has 132 valence electrons. The zero-order chi connectivity index (χ0) is 18.6. The van der Waals surface area contributed by atoms with Crippen molar-refractivity contribution < 1.29 is 8.42 Å². The first-order chi connectivity index (χ1) is 13.1. The molecule has 7 heteroatoms. The number of nitrogens with zero attached hydrogens (tertiary/aromatic N) is 3. The molecule has 1 atom stereocenters. The van der Waals surface area contributed by atoms with Crippen LogP contribution in [0.25, 0.3) is 11.3 Å². The summed E-state index contributed by atoms with van der Waals surface area (Å²) in [6.07, 6.45) is 1.82. The van der Waals surface area contributed by atoms with Crippen molar-refractivity contribution in [1.29, 1.82) is 5.26 Å². The van der Waals surface area contributed by atoms with E-state index in [1.807, 2.05) is 18.2 Å². The molecule has 0 radical (unpaired) electrons. The Hall–Kier alpha value is -2.82. The molecule has 0 fully saturated rings.